The van der Waals surface area contributed by atoms with Gasteiger partial charge in [-0.25, -0.2) is 0 Å². The molecule has 90 valence electrons. The summed E-state index contributed by atoms with van der Waals surface area (Å²) in [4.78, 5) is 0. The first-order valence-corrected chi connectivity index (χ1v) is 5.91. The summed E-state index contributed by atoms with van der Waals surface area (Å²) in [5.41, 5.74) is 1.12. The van der Waals surface area contributed by atoms with Crippen molar-refractivity contribution in [3.8, 4) is 0 Å². The van der Waals surface area contributed by atoms with Crippen LogP contribution in [0.1, 0.15) is 32.4 Å². The smallest absolute Gasteiger partial charge is 0.0762 e. The number of nitrogens with zero attached hydrogens (tertiary/aromatic N) is 2. The van der Waals surface area contributed by atoms with E-state index in [-0.39, 0.29) is 5.60 Å². The summed E-state index contributed by atoms with van der Waals surface area (Å²) in [5.74, 6) is 0. The molecule has 0 aromatic carbocycles. The average molecular weight is 223 g/mol. The fraction of sp³-hybridized carbons (Fsp3) is 0.750. The van der Waals surface area contributed by atoms with Gasteiger partial charge in [-0.15, -0.1) is 0 Å². The summed E-state index contributed by atoms with van der Waals surface area (Å²) in [6.07, 6.45) is 4.14. The lowest BCUT2D eigenvalue weighted by atomic mass is 9.94. The molecule has 1 aromatic heterocycles. The zero-order valence-corrected chi connectivity index (χ0v) is 10.4. The minimum atomic E-state index is 0.0139. The van der Waals surface area contributed by atoms with Gasteiger partial charge < -0.3 is 10.1 Å². The number of aryl methyl sites for hydroxylation is 1. The van der Waals surface area contributed by atoms with Crippen molar-refractivity contribution in [3.63, 3.8) is 0 Å². The molecule has 0 radical (unpaired) electrons. The first kappa shape index (κ1) is 11.6. The average Bonchev–Trinajstić information content (AvgIpc) is 2.60. The second kappa shape index (κ2) is 4.55. The molecule has 0 saturated carbocycles. The lowest BCUT2D eigenvalue weighted by molar-refractivity contribution is -0.0631. The van der Waals surface area contributed by atoms with Gasteiger partial charge in [-0.05, 0) is 32.8 Å². The largest absolute Gasteiger partial charge is 0.375 e. The third-order valence-electron chi connectivity index (χ3n) is 3.04. The summed E-state index contributed by atoms with van der Waals surface area (Å²) in [5, 5.41) is 7.91. The van der Waals surface area contributed by atoms with Gasteiger partial charge in [-0.1, -0.05) is 0 Å². The van der Waals surface area contributed by atoms with Crippen LogP contribution in [0.2, 0.25) is 0 Å². The van der Waals surface area contributed by atoms with Gasteiger partial charge >= 0.3 is 0 Å². The zero-order valence-electron chi connectivity index (χ0n) is 10.4. The van der Waals surface area contributed by atoms with E-state index < -0.39 is 0 Å². The highest BCUT2D eigenvalue weighted by Crippen LogP contribution is 2.23. The maximum Gasteiger partial charge on any atom is 0.0762 e. The molecule has 0 aliphatic carbocycles. The van der Waals surface area contributed by atoms with Gasteiger partial charge in [0.05, 0.1) is 11.3 Å². The standard InChI is InChI=1S/C12H21N3O/c1-12(2)8-10(5-7-16-12)13-9-11-4-6-15(3)14-11/h4,6,10,13H,5,7-9H2,1-3H3. The molecule has 16 heavy (non-hydrogen) atoms. The van der Waals surface area contributed by atoms with Crippen LogP contribution in [0.4, 0.5) is 0 Å². The van der Waals surface area contributed by atoms with Crippen molar-refractivity contribution in [3.05, 3.63) is 18.0 Å². The van der Waals surface area contributed by atoms with Crippen LogP contribution in [0.5, 0.6) is 0 Å². The fourth-order valence-electron chi connectivity index (χ4n) is 2.21. The summed E-state index contributed by atoms with van der Waals surface area (Å²) >= 11 is 0. The number of aromatic nitrogens is 2. The molecule has 1 fully saturated rings. The Labute approximate surface area is 97.0 Å². The van der Waals surface area contributed by atoms with Crippen molar-refractivity contribution in [1.29, 1.82) is 0 Å². The van der Waals surface area contributed by atoms with E-state index in [9.17, 15) is 0 Å². The van der Waals surface area contributed by atoms with Crippen LogP contribution in [0.25, 0.3) is 0 Å². The predicted octanol–water partition coefficient (Wildman–Crippen LogP) is 1.47. The second-order valence-corrected chi connectivity index (χ2v) is 5.16. The Morgan fingerprint density at radius 2 is 2.44 bits per heavy atom. The topological polar surface area (TPSA) is 39.1 Å². The number of hydrogen-bond donors (Lipinski definition) is 1. The molecule has 1 aliphatic heterocycles. The molecule has 2 heterocycles. The lowest BCUT2D eigenvalue weighted by Crippen LogP contribution is -2.43. The van der Waals surface area contributed by atoms with Gasteiger partial charge in [0.25, 0.3) is 0 Å². The van der Waals surface area contributed by atoms with E-state index in [1.165, 1.54) is 0 Å². The predicted molar refractivity (Wildman–Crippen MR) is 63.1 cm³/mol. The Bertz CT molecular complexity index is 346. The number of rotatable bonds is 3. The lowest BCUT2D eigenvalue weighted by Gasteiger charge is -2.35. The maximum atomic E-state index is 5.69. The van der Waals surface area contributed by atoms with E-state index in [4.69, 9.17) is 4.74 Å². The molecule has 1 saturated heterocycles. The third kappa shape index (κ3) is 3.06. The second-order valence-electron chi connectivity index (χ2n) is 5.16. The summed E-state index contributed by atoms with van der Waals surface area (Å²) in [6.45, 7) is 6.01. The van der Waals surface area contributed by atoms with E-state index in [1.807, 2.05) is 17.9 Å². The molecule has 0 amide bonds. The van der Waals surface area contributed by atoms with Crippen LogP contribution in [0, 0.1) is 0 Å². The van der Waals surface area contributed by atoms with Gasteiger partial charge in [-0.3, -0.25) is 4.68 Å². The van der Waals surface area contributed by atoms with E-state index in [0.717, 1.165) is 31.7 Å². The summed E-state index contributed by atoms with van der Waals surface area (Å²) in [6, 6.07) is 2.60. The Hall–Kier alpha value is -0.870. The Balaban J connectivity index is 1.82. The van der Waals surface area contributed by atoms with Crippen molar-refractivity contribution in [2.75, 3.05) is 6.61 Å². The number of nitrogens with one attached hydrogen (secondary N) is 1. The van der Waals surface area contributed by atoms with Gasteiger partial charge in [0.2, 0.25) is 0 Å². The summed E-state index contributed by atoms with van der Waals surface area (Å²) < 4.78 is 7.53. The number of ether oxygens (including phenoxy) is 1. The molecule has 1 aliphatic rings. The molecule has 0 bridgehead atoms. The molecule has 1 atom stereocenters. The van der Waals surface area contributed by atoms with Crippen LogP contribution in [-0.4, -0.2) is 28.0 Å². The molecule has 2 rings (SSSR count). The van der Waals surface area contributed by atoms with Crippen LogP contribution >= 0.6 is 0 Å². The molecule has 4 heteroatoms. The molecule has 4 nitrogen and oxygen atoms in total. The monoisotopic (exact) mass is 223 g/mol. The Morgan fingerprint density at radius 3 is 3.06 bits per heavy atom. The molecular formula is C12H21N3O. The van der Waals surface area contributed by atoms with E-state index >= 15 is 0 Å². The molecule has 1 aromatic rings. The fourth-order valence-corrected chi connectivity index (χ4v) is 2.21. The first-order chi connectivity index (χ1) is 7.55. The van der Waals surface area contributed by atoms with Crippen molar-refractivity contribution in [2.45, 2.75) is 44.9 Å². The first-order valence-electron chi connectivity index (χ1n) is 5.91. The van der Waals surface area contributed by atoms with Crippen molar-refractivity contribution in [2.24, 2.45) is 7.05 Å². The van der Waals surface area contributed by atoms with E-state index in [2.05, 4.69) is 30.3 Å². The SMILES string of the molecule is Cn1ccc(CNC2CCOC(C)(C)C2)n1. The highest BCUT2D eigenvalue weighted by Gasteiger charge is 2.28. The van der Waals surface area contributed by atoms with Gasteiger partial charge in [-0.2, -0.15) is 5.10 Å². The van der Waals surface area contributed by atoms with E-state index in [1.54, 1.807) is 0 Å². The number of hydrogen-bond acceptors (Lipinski definition) is 3. The Morgan fingerprint density at radius 1 is 1.62 bits per heavy atom. The van der Waals surface area contributed by atoms with Crippen LogP contribution in [0.3, 0.4) is 0 Å². The molecule has 1 unspecified atom stereocenters. The summed E-state index contributed by atoms with van der Waals surface area (Å²) in [7, 11) is 1.95. The minimum absolute atomic E-state index is 0.0139. The third-order valence-corrected chi connectivity index (χ3v) is 3.04. The minimum Gasteiger partial charge on any atom is -0.375 e. The van der Waals surface area contributed by atoms with Gasteiger partial charge in [0.15, 0.2) is 0 Å². The van der Waals surface area contributed by atoms with Crippen molar-refractivity contribution >= 4 is 0 Å². The molecular weight excluding hydrogens is 202 g/mol. The van der Waals surface area contributed by atoms with Crippen molar-refractivity contribution in [1.82, 2.24) is 15.1 Å². The highest BCUT2D eigenvalue weighted by molar-refractivity contribution is 4.98. The highest BCUT2D eigenvalue weighted by atomic mass is 16.5. The van der Waals surface area contributed by atoms with Gasteiger partial charge in [0.1, 0.15) is 0 Å². The van der Waals surface area contributed by atoms with Crippen LogP contribution in [0.15, 0.2) is 12.3 Å². The van der Waals surface area contributed by atoms with Crippen LogP contribution < -0.4 is 5.32 Å². The zero-order chi connectivity index (χ0) is 11.6. The molecule has 1 N–H and O–H groups in total. The van der Waals surface area contributed by atoms with Crippen molar-refractivity contribution < 1.29 is 4.74 Å². The Kier molecular flexibility index (Phi) is 3.30. The maximum absolute atomic E-state index is 5.69. The van der Waals surface area contributed by atoms with E-state index in [0.29, 0.717) is 6.04 Å². The molecule has 0 spiro atoms. The van der Waals surface area contributed by atoms with Gasteiger partial charge in [0, 0.05) is 32.4 Å². The quantitative estimate of drug-likeness (QED) is 0.843. The normalized spacial score (nSPS) is 24.6. The van der Waals surface area contributed by atoms with Crippen LogP contribution in [-0.2, 0) is 18.3 Å².